The Kier molecular flexibility index (Phi) is 5.71. The zero-order valence-corrected chi connectivity index (χ0v) is 14.9. The van der Waals surface area contributed by atoms with Gasteiger partial charge in [0.1, 0.15) is 5.82 Å². The molecule has 8 heteroatoms. The van der Waals surface area contributed by atoms with Crippen LogP contribution in [-0.4, -0.2) is 30.9 Å². The summed E-state index contributed by atoms with van der Waals surface area (Å²) in [4.78, 5) is 37.5. The maximum Gasteiger partial charge on any atom is 0.311 e. The second kappa shape index (κ2) is 8.18. The molecular weight excluding hydrogens is 375 g/mol. The fraction of sp³-hybridized carbons (Fsp3) is 0.211. The van der Waals surface area contributed by atoms with Gasteiger partial charge in [0.15, 0.2) is 6.61 Å². The molecular formula is C19H16ClFN2O4. The summed E-state index contributed by atoms with van der Waals surface area (Å²) in [5, 5.41) is 3.11. The van der Waals surface area contributed by atoms with E-state index in [9.17, 15) is 18.8 Å². The Morgan fingerprint density at radius 1 is 1.15 bits per heavy atom. The van der Waals surface area contributed by atoms with Crippen molar-refractivity contribution in [3.05, 3.63) is 59.4 Å². The molecule has 2 aromatic carbocycles. The summed E-state index contributed by atoms with van der Waals surface area (Å²) in [5.41, 5.74) is 1.04. The first-order valence-electron chi connectivity index (χ1n) is 8.20. The number of carbonyl (C=O) groups excluding carboxylic acids is 3. The maximum atomic E-state index is 13.0. The van der Waals surface area contributed by atoms with Crippen molar-refractivity contribution in [2.24, 2.45) is 5.92 Å². The Morgan fingerprint density at radius 3 is 2.48 bits per heavy atom. The number of ether oxygens (including phenoxy) is 1. The molecule has 0 aromatic heterocycles. The molecule has 3 rings (SSSR count). The molecule has 1 aliphatic heterocycles. The van der Waals surface area contributed by atoms with Crippen LogP contribution in [0.3, 0.4) is 0 Å². The van der Waals surface area contributed by atoms with Crippen molar-refractivity contribution in [1.29, 1.82) is 0 Å². The van der Waals surface area contributed by atoms with E-state index in [1.165, 1.54) is 29.2 Å². The van der Waals surface area contributed by atoms with Crippen LogP contribution in [0.4, 0.5) is 15.8 Å². The Labute approximate surface area is 159 Å². The molecule has 0 saturated carbocycles. The minimum atomic E-state index is -0.675. The van der Waals surface area contributed by atoms with Gasteiger partial charge in [0, 0.05) is 29.4 Å². The van der Waals surface area contributed by atoms with E-state index in [1.54, 1.807) is 24.3 Å². The average Bonchev–Trinajstić information content (AvgIpc) is 3.04. The van der Waals surface area contributed by atoms with Gasteiger partial charge in [-0.1, -0.05) is 11.6 Å². The van der Waals surface area contributed by atoms with E-state index in [-0.39, 0.29) is 18.9 Å². The first-order valence-corrected chi connectivity index (χ1v) is 8.58. The monoisotopic (exact) mass is 390 g/mol. The van der Waals surface area contributed by atoms with Gasteiger partial charge in [0.25, 0.3) is 5.91 Å². The van der Waals surface area contributed by atoms with Crippen LogP contribution < -0.4 is 10.2 Å². The maximum absolute atomic E-state index is 13.0. The van der Waals surface area contributed by atoms with Crippen LogP contribution in [0.2, 0.25) is 5.02 Å². The largest absolute Gasteiger partial charge is 0.455 e. The summed E-state index contributed by atoms with van der Waals surface area (Å²) in [7, 11) is 0. The van der Waals surface area contributed by atoms with Gasteiger partial charge in [-0.3, -0.25) is 14.4 Å². The molecule has 0 unspecified atom stereocenters. The van der Waals surface area contributed by atoms with E-state index in [1.807, 2.05) is 0 Å². The van der Waals surface area contributed by atoms with Crippen molar-refractivity contribution < 1.29 is 23.5 Å². The van der Waals surface area contributed by atoms with Crippen LogP contribution >= 0.6 is 11.6 Å². The van der Waals surface area contributed by atoms with Gasteiger partial charge < -0.3 is 15.0 Å². The van der Waals surface area contributed by atoms with Gasteiger partial charge >= 0.3 is 5.97 Å². The predicted octanol–water partition coefficient (Wildman–Crippen LogP) is 3.01. The molecule has 1 aliphatic rings. The third-order valence-corrected chi connectivity index (χ3v) is 4.32. The van der Waals surface area contributed by atoms with Crippen molar-refractivity contribution in [2.45, 2.75) is 6.42 Å². The van der Waals surface area contributed by atoms with E-state index in [4.69, 9.17) is 16.3 Å². The van der Waals surface area contributed by atoms with Crippen LogP contribution in [0.5, 0.6) is 0 Å². The SMILES string of the molecule is O=C(COC(=O)[C@@H]1CC(=O)N(c2ccc(F)cc2)C1)Nc1ccc(Cl)cc1. The van der Waals surface area contributed by atoms with E-state index in [0.717, 1.165) is 0 Å². The standard InChI is InChI=1S/C19H16ClFN2O4/c20-13-1-5-15(6-2-13)22-17(24)11-27-19(26)12-9-18(25)23(10-12)16-7-3-14(21)4-8-16/h1-8,12H,9-11H2,(H,22,24)/t12-/m1/s1. The quantitative estimate of drug-likeness (QED) is 0.796. The molecule has 0 bridgehead atoms. The summed E-state index contributed by atoms with van der Waals surface area (Å²) in [6, 6.07) is 11.9. The molecule has 2 aromatic rings. The van der Waals surface area contributed by atoms with Crippen molar-refractivity contribution in [3.63, 3.8) is 0 Å². The van der Waals surface area contributed by atoms with Gasteiger partial charge in [-0.05, 0) is 48.5 Å². The van der Waals surface area contributed by atoms with Gasteiger partial charge in [-0.2, -0.15) is 0 Å². The number of esters is 1. The van der Waals surface area contributed by atoms with Crippen molar-refractivity contribution >= 4 is 40.8 Å². The minimum Gasteiger partial charge on any atom is -0.455 e. The lowest BCUT2D eigenvalue weighted by molar-refractivity contribution is -0.151. The summed E-state index contributed by atoms with van der Waals surface area (Å²) >= 11 is 5.77. The molecule has 1 fully saturated rings. The van der Waals surface area contributed by atoms with Crippen LogP contribution in [0, 0.1) is 11.7 Å². The van der Waals surface area contributed by atoms with Crippen LogP contribution in [-0.2, 0) is 19.1 Å². The van der Waals surface area contributed by atoms with Crippen molar-refractivity contribution in [2.75, 3.05) is 23.4 Å². The number of amides is 2. The van der Waals surface area contributed by atoms with E-state index in [2.05, 4.69) is 5.32 Å². The van der Waals surface area contributed by atoms with Gasteiger partial charge in [0.05, 0.1) is 5.92 Å². The second-order valence-electron chi connectivity index (χ2n) is 6.04. The highest BCUT2D eigenvalue weighted by Crippen LogP contribution is 2.26. The second-order valence-corrected chi connectivity index (χ2v) is 6.48. The van der Waals surface area contributed by atoms with Crippen molar-refractivity contribution in [3.8, 4) is 0 Å². The van der Waals surface area contributed by atoms with E-state index in [0.29, 0.717) is 16.4 Å². The number of nitrogens with zero attached hydrogens (tertiary/aromatic N) is 1. The van der Waals surface area contributed by atoms with Gasteiger partial charge in [-0.25, -0.2) is 4.39 Å². The molecule has 0 aliphatic carbocycles. The predicted molar refractivity (Wildman–Crippen MR) is 97.9 cm³/mol. The molecule has 1 atom stereocenters. The van der Waals surface area contributed by atoms with Gasteiger partial charge in [-0.15, -0.1) is 0 Å². The number of hydrogen-bond acceptors (Lipinski definition) is 4. The lowest BCUT2D eigenvalue weighted by Gasteiger charge is -2.16. The molecule has 27 heavy (non-hydrogen) atoms. The lowest BCUT2D eigenvalue weighted by Crippen LogP contribution is -2.28. The first kappa shape index (κ1) is 18.8. The molecule has 1 saturated heterocycles. The summed E-state index contributed by atoms with van der Waals surface area (Å²) in [6.45, 7) is -0.329. The smallest absolute Gasteiger partial charge is 0.311 e. The number of anilines is 2. The number of halogens is 2. The Bertz CT molecular complexity index is 855. The first-order chi connectivity index (χ1) is 12.9. The molecule has 2 amide bonds. The Hall–Kier alpha value is -2.93. The molecule has 1 heterocycles. The Morgan fingerprint density at radius 2 is 1.81 bits per heavy atom. The third-order valence-electron chi connectivity index (χ3n) is 4.07. The number of rotatable bonds is 5. The third kappa shape index (κ3) is 4.83. The zero-order valence-electron chi connectivity index (χ0n) is 14.2. The molecule has 6 nitrogen and oxygen atoms in total. The fourth-order valence-electron chi connectivity index (χ4n) is 2.72. The highest BCUT2D eigenvalue weighted by Gasteiger charge is 2.36. The lowest BCUT2D eigenvalue weighted by atomic mass is 10.1. The van der Waals surface area contributed by atoms with Crippen LogP contribution in [0.25, 0.3) is 0 Å². The van der Waals surface area contributed by atoms with Crippen LogP contribution in [0.1, 0.15) is 6.42 Å². The average molecular weight is 391 g/mol. The number of benzene rings is 2. The van der Waals surface area contributed by atoms with Gasteiger partial charge in [0.2, 0.25) is 5.91 Å². The molecule has 140 valence electrons. The highest BCUT2D eigenvalue weighted by molar-refractivity contribution is 6.30. The summed E-state index contributed by atoms with van der Waals surface area (Å²) in [5.74, 6) is -2.46. The minimum absolute atomic E-state index is 0.0188. The van der Waals surface area contributed by atoms with Crippen LogP contribution in [0.15, 0.2) is 48.5 Å². The number of carbonyl (C=O) groups is 3. The summed E-state index contributed by atoms with van der Waals surface area (Å²) < 4.78 is 18.0. The molecule has 1 N–H and O–H groups in total. The molecule has 0 spiro atoms. The number of nitrogens with one attached hydrogen (secondary N) is 1. The topological polar surface area (TPSA) is 75.7 Å². The zero-order chi connectivity index (χ0) is 19.4. The fourth-order valence-corrected chi connectivity index (χ4v) is 2.85. The van der Waals surface area contributed by atoms with E-state index >= 15 is 0 Å². The van der Waals surface area contributed by atoms with Crippen molar-refractivity contribution in [1.82, 2.24) is 0 Å². The highest BCUT2D eigenvalue weighted by atomic mass is 35.5. The van der Waals surface area contributed by atoms with E-state index < -0.39 is 30.2 Å². The number of hydrogen-bond donors (Lipinski definition) is 1. The molecule has 0 radical (unpaired) electrons. The Balaban J connectivity index is 1.51. The summed E-state index contributed by atoms with van der Waals surface area (Å²) in [6.07, 6.45) is -0.0188. The normalized spacial score (nSPS) is 16.3.